The standard InChI is InChI=1S/C15H15BrN2O2S/c16-14-8-10-15(11-9-14)21(19,20)18-17-12-4-7-13-5-2-1-3-6-13/h1-3,5-6,8-12,18H,4,7H2. The molecular weight excluding hydrogens is 352 g/mol. The van der Waals surface area contributed by atoms with Crippen molar-refractivity contribution in [2.24, 2.45) is 5.10 Å². The molecule has 0 unspecified atom stereocenters. The summed E-state index contributed by atoms with van der Waals surface area (Å²) < 4.78 is 24.7. The second-order valence-corrected chi connectivity index (χ2v) is 6.96. The molecule has 0 fully saturated rings. The van der Waals surface area contributed by atoms with E-state index in [1.807, 2.05) is 30.3 Å². The van der Waals surface area contributed by atoms with Crippen LogP contribution in [0.2, 0.25) is 0 Å². The number of sulfonamides is 1. The molecule has 0 spiro atoms. The van der Waals surface area contributed by atoms with Crippen LogP contribution < -0.4 is 4.83 Å². The number of nitrogens with one attached hydrogen (secondary N) is 1. The molecule has 0 bridgehead atoms. The van der Waals surface area contributed by atoms with E-state index < -0.39 is 10.0 Å². The van der Waals surface area contributed by atoms with Gasteiger partial charge in [-0.15, -0.1) is 0 Å². The van der Waals surface area contributed by atoms with Crippen LogP contribution in [-0.4, -0.2) is 14.6 Å². The average molecular weight is 367 g/mol. The lowest BCUT2D eigenvalue weighted by atomic mass is 10.1. The minimum atomic E-state index is -3.59. The normalized spacial score (nSPS) is 11.7. The monoisotopic (exact) mass is 366 g/mol. The molecule has 0 saturated heterocycles. The summed E-state index contributed by atoms with van der Waals surface area (Å²) in [7, 11) is -3.59. The first-order valence-corrected chi connectivity index (χ1v) is 8.68. The Morgan fingerprint density at radius 2 is 1.71 bits per heavy atom. The number of aryl methyl sites for hydroxylation is 1. The highest BCUT2D eigenvalue weighted by atomic mass is 79.9. The average Bonchev–Trinajstić information content (AvgIpc) is 2.48. The molecule has 0 atom stereocenters. The molecular formula is C15H15BrN2O2S. The van der Waals surface area contributed by atoms with Gasteiger partial charge in [-0.2, -0.15) is 13.5 Å². The minimum Gasteiger partial charge on any atom is -0.200 e. The summed E-state index contributed by atoms with van der Waals surface area (Å²) >= 11 is 3.26. The lowest BCUT2D eigenvalue weighted by Gasteiger charge is -2.03. The summed E-state index contributed by atoms with van der Waals surface area (Å²) in [5.41, 5.74) is 1.19. The molecule has 2 rings (SSSR count). The Kier molecular flexibility index (Phi) is 5.52. The summed E-state index contributed by atoms with van der Waals surface area (Å²) in [6, 6.07) is 16.4. The van der Waals surface area contributed by atoms with Crippen LogP contribution in [0.1, 0.15) is 12.0 Å². The predicted octanol–water partition coefficient (Wildman–Crippen LogP) is 3.35. The molecule has 1 N–H and O–H groups in total. The van der Waals surface area contributed by atoms with Crippen LogP contribution in [0.15, 0.2) is 69.1 Å². The summed E-state index contributed by atoms with van der Waals surface area (Å²) in [6.45, 7) is 0. The molecule has 6 heteroatoms. The third kappa shape index (κ3) is 4.99. The van der Waals surface area contributed by atoms with Gasteiger partial charge in [0.1, 0.15) is 0 Å². The number of rotatable bonds is 6. The van der Waals surface area contributed by atoms with Crippen molar-refractivity contribution < 1.29 is 8.42 Å². The van der Waals surface area contributed by atoms with Gasteiger partial charge >= 0.3 is 0 Å². The maximum atomic E-state index is 11.9. The van der Waals surface area contributed by atoms with E-state index in [2.05, 4.69) is 25.9 Å². The predicted molar refractivity (Wildman–Crippen MR) is 87.7 cm³/mol. The Balaban J connectivity index is 1.87. The Labute approximate surface area is 133 Å². The van der Waals surface area contributed by atoms with Crippen molar-refractivity contribution in [1.82, 2.24) is 4.83 Å². The Morgan fingerprint density at radius 1 is 1.05 bits per heavy atom. The van der Waals surface area contributed by atoms with Crippen LogP contribution in [0.5, 0.6) is 0 Å². The first-order valence-electron chi connectivity index (χ1n) is 6.41. The van der Waals surface area contributed by atoms with E-state index in [-0.39, 0.29) is 4.90 Å². The van der Waals surface area contributed by atoms with Gasteiger partial charge in [-0.1, -0.05) is 46.3 Å². The fourth-order valence-electron chi connectivity index (χ4n) is 1.71. The highest BCUT2D eigenvalue weighted by Crippen LogP contribution is 2.14. The Morgan fingerprint density at radius 3 is 2.38 bits per heavy atom. The zero-order valence-electron chi connectivity index (χ0n) is 11.2. The molecule has 0 aliphatic rings. The van der Waals surface area contributed by atoms with E-state index in [0.29, 0.717) is 6.42 Å². The molecule has 0 saturated carbocycles. The minimum absolute atomic E-state index is 0.186. The van der Waals surface area contributed by atoms with Gasteiger partial charge in [0, 0.05) is 10.7 Å². The summed E-state index contributed by atoms with van der Waals surface area (Å²) in [5, 5.41) is 3.78. The van der Waals surface area contributed by atoms with E-state index in [1.54, 1.807) is 18.3 Å². The third-order valence-electron chi connectivity index (χ3n) is 2.79. The van der Waals surface area contributed by atoms with Gasteiger partial charge in [0.25, 0.3) is 10.0 Å². The van der Waals surface area contributed by atoms with E-state index in [0.717, 1.165) is 10.9 Å². The molecule has 0 aliphatic carbocycles. The molecule has 110 valence electrons. The van der Waals surface area contributed by atoms with E-state index in [4.69, 9.17) is 0 Å². The summed E-state index contributed by atoms with van der Waals surface area (Å²) in [4.78, 5) is 2.39. The SMILES string of the molecule is O=S(=O)(NN=CCCc1ccccc1)c1ccc(Br)cc1. The van der Waals surface area contributed by atoms with Crippen LogP contribution in [0.25, 0.3) is 0 Å². The van der Waals surface area contributed by atoms with Gasteiger partial charge in [0.05, 0.1) is 4.90 Å². The quantitative estimate of drug-likeness (QED) is 0.629. The van der Waals surface area contributed by atoms with Crippen molar-refractivity contribution >= 4 is 32.2 Å². The fraction of sp³-hybridized carbons (Fsp3) is 0.133. The van der Waals surface area contributed by atoms with Crippen molar-refractivity contribution in [1.29, 1.82) is 0 Å². The molecule has 2 aromatic carbocycles. The zero-order chi connectivity index (χ0) is 15.1. The van der Waals surface area contributed by atoms with Gasteiger partial charge in [0.2, 0.25) is 0 Å². The largest absolute Gasteiger partial charge is 0.276 e. The van der Waals surface area contributed by atoms with Crippen LogP contribution in [0, 0.1) is 0 Å². The van der Waals surface area contributed by atoms with Crippen molar-refractivity contribution in [2.45, 2.75) is 17.7 Å². The number of nitrogens with zero attached hydrogens (tertiary/aromatic N) is 1. The first kappa shape index (κ1) is 15.7. The lowest BCUT2D eigenvalue weighted by Crippen LogP contribution is -2.18. The van der Waals surface area contributed by atoms with Crippen molar-refractivity contribution in [3.05, 3.63) is 64.6 Å². The molecule has 0 radical (unpaired) electrons. The van der Waals surface area contributed by atoms with Crippen molar-refractivity contribution in [3.63, 3.8) is 0 Å². The number of hydrogen-bond donors (Lipinski definition) is 1. The van der Waals surface area contributed by atoms with Gasteiger partial charge in [-0.25, -0.2) is 4.83 Å². The maximum absolute atomic E-state index is 11.9. The topological polar surface area (TPSA) is 58.5 Å². The smallest absolute Gasteiger partial charge is 0.200 e. The van der Waals surface area contributed by atoms with Crippen LogP contribution >= 0.6 is 15.9 Å². The van der Waals surface area contributed by atoms with Crippen molar-refractivity contribution in [3.8, 4) is 0 Å². The highest BCUT2D eigenvalue weighted by molar-refractivity contribution is 9.10. The molecule has 0 aromatic heterocycles. The van der Waals surface area contributed by atoms with Crippen LogP contribution in [0.3, 0.4) is 0 Å². The second-order valence-electron chi connectivity index (χ2n) is 4.38. The molecule has 2 aromatic rings. The number of benzene rings is 2. The number of hydrazone groups is 1. The van der Waals surface area contributed by atoms with Gasteiger partial charge < -0.3 is 0 Å². The molecule has 0 amide bonds. The van der Waals surface area contributed by atoms with E-state index >= 15 is 0 Å². The molecule has 0 aliphatic heterocycles. The van der Waals surface area contributed by atoms with E-state index in [1.165, 1.54) is 17.7 Å². The molecule has 0 heterocycles. The zero-order valence-corrected chi connectivity index (χ0v) is 13.6. The van der Waals surface area contributed by atoms with Gasteiger partial charge in [0.15, 0.2) is 0 Å². The Bertz CT molecular complexity index is 698. The number of hydrogen-bond acceptors (Lipinski definition) is 3. The lowest BCUT2D eigenvalue weighted by molar-refractivity contribution is 0.584. The first-order chi connectivity index (χ1) is 10.1. The van der Waals surface area contributed by atoms with Gasteiger partial charge in [-0.05, 0) is 42.7 Å². The highest BCUT2D eigenvalue weighted by Gasteiger charge is 2.11. The fourth-order valence-corrected chi connectivity index (χ4v) is 2.79. The molecule has 21 heavy (non-hydrogen) atoms. The summed E-state index contributed by atoms with van der Waals surface area (Å²) in [5.74, 6) is 0. The summed E-state index contributed by atoms with van der Waals surface area (Å²) in [6.07, 6.45) is 3.07. The number of halogens is 1. The molecule has 4 nitrogen and oxygen atoms in total. The van der Waals surface area contributed by atoms with Gasteiger partial charge in [-0.3, -0.25) is 0 Å². The second kappa shape index (κ2) is 7.38. The van der Waals surface area contributed by atoms with Crippen LogP contribution in [0.4, 0.5) is 0 Å². The maximum Gasteiger partial charge on any atom is 0.276 e. The Hall–Kier alpha value is -1.66. The van der Waals surface area contributed by atoms with Crippen LogP contribution in [-0.2, 0) is 16.4 Å². The van der Waals surface area contributed by atoms with Crippen molar-refractivity contribution in [2.75, 3.05) is 0 Å². The van der Waals surface area contributed by atoms with E-state index in [9.17, 15) is 8.42 Å². The third-order valence-corrected chi connectivity index (χ3v) is 4.56.